The van der Waals surface area contributed by atoms with Crippen LogP contribution in [0.2, 0.25) is 5.02 Å². The molecule has 1 aromatic heterocycles. The van der Waals surface area contributed by atoms with E-state index in [0.717, 1.165) is 21.8 Å². The molecule has 4 nitrogen and oxygen atoms in total. The van der Waals surface area contributed by atoms with Crippen LogP contribution in [-0.4, -0.2) is 16.1 Å². The first-order chi connectivity index (χ1) is 11.5. The highest BCUT2D eigenvalue weighted by Gasteiger charge is 2.14. The minimum atomic E-state index is -1.03. The Hall–Kier alpha value is -2.37. The molecule has 3 rings (SSSR count). The minimum Gasteiger partial charge on any atom is -0.488 e. The molecule has 0 fully saturated rings. The number of carboxylic acid groups (broad SMARTS) is 1. The number of hydrogen-bond acceptors (Lipinski definition) is 4. The summed E-state index contributed by atoms with van der Waals surface area (Å²) in [6.45, 7) is 2.18. The Balaban J connectivity index is 1.84. The van der Waals surface area contributed by atoms with E-state index in [1.54, 1.807) is 24.3 Å². The molecule has 0 saturated carbocycles. The predicted molar refractivity (Wildman–Crippen MR) is 95.0 cm³/mol. The lowest BCUT2D eigenvalue weighted by Crippen LogP contribution is -2.04. The Morgan fingerprint density at radius 3 is 2.62 bits per heavy atom. The van der Waals surface area contributed by atoms with Gasteiger partial charge in [0.05, 0.1) is 10.7 Å². The van der Waals surface area contributed by atoms with E-state index < -0.39 is 5.97 Å². The Bertz CT molecular complexity index is 874. The molecule has 0 radical (unpaired) electrons. The maximum Gasteiger partial charge on any atom is 0.339 e. The van der Waals surface area contributed by atoms with Crippen molar-refractivity contribution in [2.24, 2.45) is 0 Å². The van der Waals surface area contributed by atoms with Gasteiger partial charge >= 0.3 is 5.97 Å². The molecule has 24 heavy (non-hydrogen) atoms. The van der Waals surface area contributed by atoms with Gasteiger partial charge in [0.25, 0.3) is 0 Å². The highest BCUT2D eigenvalue weighted by molar-refractivity contribution is 7.09. The van der Waals surface area contributed by atoms with Gasteiger partial charge in [-0.3, -0.25) is 0 Å². The Labute approximate surface area is 148 Å². The second-order valence-electron chi connectivity index (χ2n) is 5.18. The summed E-state index contributed by atoms with van der Waals surface area (Å²) < 4.78 is 5.68. The fourth-order valence-electron chi connectivity index (χ4n) is 2.22. The molecule has 6 heteroatoms. The van der Waals surface area contributed by atoms with Gasteiger partial charge in [-0.05, 0) is 42.8 Å². The van der Waals surface area contributed by atoms with E-state index in [-0.39, 0.29) is 12.2 Å². The van der Waals surface area contributed by atoms with Gasteiger partial charge in [0.2, 0.25) is 0 Å². The molecule has 0 amide bonds. The van der Waals surface area contributed by atoms with Gasteiger partial charge in [-0.1, -0.05) is 23.7 Å². The summed E-state index contributed by atoms with van der Waals surface area (Å²) in [5, 5.41) is 12.9. The third kappa shape index (κ3) is 3.75. The minimum absolute atomic E-state index is 0.118. The maximum atomic E-state index is 11.6. The lowest BCUT2D eigenvalue weighted by Gasteiger charge is -2.10. The number of hydrogen-bond donors (Lipinski definition) is 1. The zero-order valence-electron chi connectivity index (χ0n) is 12.8. The van der Waals surface area contributed by atoms with Crippen molar-refractivity contribution in [3.8, 4) is 17.0 Å². The molecule has 0 unspecified atom stereocenters. The molecule has 1 N–H and O–H groups in total. The van der Waals surface area contributed by atoms with Crippen molar-refractivity contribution in [1.82, 2.24) is 4.98 Å². The van der Waals surface area contributed by atoms with Crippen molar-refractivity contribution < 1.29 is 14.6 Å². The molecule has 0 aliphatic rings. The first-order valence-electron chi connectivity index (χ1n) is 7.20. The van der Waals surface area contributed by atoms with Crippen LogP contribution < -0.4 is 4.74 Å². The van der Waals surface area contributed by atoms with Crippen LogP contribution in [0.1, 0.15) is 20.9 Å². The molecule has 0 atom stereocenters. The van der Waals surface area contributed by atoms with E-state index >= 15 is 0 Å². The number of carboxylic acids is 1. The number of halogens is 1. The summed E-state index contributed by atoms with van der Waals surface area (Å²) in [4.78, 5) is 15.9. The second-order valence-corrected chi connectivity index (χ2v) is 6.68. The first-order valence-corrected chi connectivity index (χ1v) is 8.46. The van der Waals surface area contributed by atoms with Crippen molar-refractivity contribution >= 4 is 28.9 Å². The summed E-state index contributed by atoms with van der Waals surface area (Å²) in [6, 6.07) is 12.3. The molecule has 0 aliphatic heterocycles. The molecule has 122 valence electrons. The molecule has 1 heterocycles. The van der Waals surface area contributed by atoms with E-state index in [2.05, 4.69) is 4.98 Å². The molecular formula is C18H14ClNO3S. The van der Waals surface area contributed by atoms with Gasteiger partial charge in [0, 0.05) is 16.0 Å². The molecule has 0 aliphatic carbocycles. The van der Waals surface area contributed by atoms with Crippen molar-refractivity contribution in [3.63, 3.8) is 0 Å². The Morgan fingerprint density at radius 1 is 1.25 bits per heavy atom. The Morgan fingerprint density at radius 2 is 2.00 bits per heavy atom. The van der Waals surface area contributed by atoms with Crippen molar-refractivity contribution in [2.75, 3.05) is 0 Å². The topological polar surface area (TPSA) is 59.4 Å². The number of benzene rings is 2. The maximum absolute atomic E-state index is 11.6. The number of nitrogens with zero attached hydrogens (tertiary/aromatic N) is 1. The van der Waals surface area contributed by atoms with Crippen molar-refractivity contribution in [1.29, 1.82) is 0 Å². The lowest BCUT2D eigenvalue weighted by atomic mass is 10.1. The van der Waals surface area contributed by atoms with E-state index in [1.807, 2.05) is 30.5 Å². The lowest BCUT2D eigenvalue weighted by molar-refractivity contribution is 0.0692. The fraction of sp³-hybridized carbons (Fsp3) is 0.111. The standard InChI is InChI=1S/C18H14ClNO3S/c1-11-20-16(10-24-11)13-4-7-17(15(8-13)18(21)22)23-9-12-2-5-14(19)6-3-12/h2-8,10H,9H2,1H3,(H,21,22). The number of aryl methyl sites for hydroxylation is 1. The van der Waals surface area contributed by atoms with Crippen LogP contribution in [0.15, 0.2) is 47.8 Å². The van der Waals surface area contributed by atoms with Gasteiger partial charge in [0.15, 0.2) is 0 Å². The summed E-state index contributed by atoms with van der Waals surface area (Å²) in [7, 11) is 0. The van der Waals surface area contributed by atoms with Crippen LogP contribution in [0, 0.1) is 6.92 Å². The van der Waals surface area contributed by atoms with E-state index in [4.69, 9.17) is 16.3 Å². The zero-order valence-corrected chi connectivity index (χ0v) is 14.4. The molecule has 3 aromatic rings. The zero-order chi connectivity index (χ0) is 17.1. The highest BCUT2D eigenvalue weighted by atomic mass is 35.5. The number of thiazole rings is 1. The predicted octanol–water partition coefficient (Wildman–Crippen LogP) is 5.05. The van der Waals surface area contributed by atoms with Crippen LogP contribution in [0.3, 0.4) is 0 Å². The first kappa shape index (κ1) is 16.5. The SMILES string of the molecule is Cc1nc(-c2ccc(OCc3ccc(Cl)cc3)c(C(=O)O)c2)cs1. The van der Waals surface area contributed by atoms with Gasteiger partial charge in [-0.15, -0.1) is 11.3 Å². The van der Waals surface area contributed by atoms with Gasteiger partial charge in [-0.2, -0.15) is 0 Å². The average molecular weight is 360 g/mol. The number of aromatic carboxylic acids is 1. The smallest absolute Gasteiger partial charge is 0.339 e. The normalized spacial score (nSPS) is 10.6. The molecular weight excluding hydrogens is 346 g/mol. The highest BCUT2D eigenvalue weighted by Crippen LogP contribution is 2.28. The average Bonchev–Trinajstić information content (AvgIpc) is 3.00. The van der Waals surface area contributed by atoms with Crippen molar-refractivity contribution in [3.05, 3.63) is 69.0 Å². The van der Waals surface area contributed by atoms with Crippen LogP contribution in [0.4, 0.5) is 0 Å². The third-order valence-corrected chi connectivity index (χ3v) is 4.46. The fourth-order valence-corrected chi connectivity index (χ4v) is 2.97. The van der Waals surface area contributed by atoms with E-state index in [9.17, 15) is 9.90 Å². The molecule has 0 spiro atoms. The monoisotopic (exact) mass is 359 g/mol. The van der Waals surface area contributed by atoms with E-state index in [1.165, 1.54) is 11.3 Å². The number of carbonyl (C=O) groups is 1. The number of ether oxygens (including phenoxy) is 1. The largest absolute Gasteiger partial charge is 0.488 e. The molecule has 0 bridgehead atoms. The van der Waals surface area contributed by atoms with Gasteiger partial charge in [0.1, 0.15) is 17.9 Å². The third-order valence-electron chi connectivity index (χ3n) is 3.43. The quantitative estimate of drug-likeness (QED) is 0.692. The van der Waals surface area contributed by atoms with Gasteiger partial charge in [-0.25, -0.2) is 9.78 Å². The van der Waals surface area contributed by atoms with Gasteiger partial charge < -0.3 is 9.84 Å². The summed E-state index contributed by atoms with van der Waals surface area (Å²) >= 11 is 7.38. The number of aromatic nitrogens is 1. The second kappa shape index (κ2) is 7.03. The molecule has 2 aromatic carbocycles. The molecule has 0 saturated heterocycles. The summed E-state index contributed by atoms with van der Waals surface area (Å²) in [5.41, 5.74) is 2.56. The summed E-state index contributed by atoms with van der Waals surface area (Å²) in [6.07, 6.45) is 0. The van der Waals surface area contributed by atoms with Crippen LogP contribution in [0.25, 0.3) is 11.3 Å². The van der Waals surface area contributed by atoms with E-state index in [0.29, 0.717) is 10.8 Å². The van der Waals surface area contributed by atoms with Crippen LogP contribution >= 0.6 is 22.9 Å². The van der Waals surface area contributed by atoms with Crippen LogP contribution in [0.5, 0.6) is 5.75 Å². The number of rotatable bonds is 5. The van der Waals surface area contributed by atoms with Crippen molar-refractivity contribution in [2.45, 2.75) is 13.5 Å². The Kier molecular flexibility index (Phi) is 4.83. The summed E-state index contributed by atoms with van der Waals surface area (Å²) in [5.74, 6) is -0.706. The van der Waals surface area contributed by atoms with Crippen LogP contribution in [-0.2, 0) is 6.61 Å².